The molecule has 1 aromatic rings. The average Bonchev–Trinajstić information content (AvgIpc) is 2.24. The van der Waals surface area contributed by atoms with Gasteiger partial charge in [0.1, 0.15) is 0 Å². The Morgan fingerprint density at radius 3 is 2.22 bits per heavy atom. The van der Waals surface area contributed by atoms with Crippen LogP contribution >= 0.6 is 15.9 Å². The zero-order valence-electron chi connectivity index (χ0n) is 11.0. The van der Waals surface area contributed by atoms with E-state index >= 15 is 0 Å². The molecule has 0 bridgehead atoms. The van der Waals surface area contributed by atoms with Crippen molar-refractivity contribution in [3.63, 3.8) is 0 Å². The molecule has 18 heavy (non-hydrogen) atoms. The van der Waals surface area contributed by atoms with Crippen molar-refractivity contribution in [1.82, 2.24) is 5.32 Å². The van der Waals surface area contributed by atoms with Crippen molar-refractivity contribution in [2.75, 3.05) is 12.3 Å². The molecule has 102 valence electrons. The minimum Gasteiger partial charge on any atom is -0.312 e. The quantitative estimate of drug-likeness (QED) is 0.842. The predicted octanol–water partition coefficient (Wildman–Crippen LogP) is 3.00. The Morgan fingerprint density at radius 1 is 1.17 bits per heavy atom. The van der Waals surface area contributed by atoms with Gasteiger partial charge in [-0.25, -0.2) is 8.42 Å². The van der Waals surface area contributed by atoms with E-state index in [1.165, 1.54) is 0 Å². The van der Waals surface area contributed by atoms with Crippen LogP contribution in [0.3, 0.4) is 0 Å². The van der Waals surface area contributed by atoms with E-state index in [4.69, 9.17) is 0 Å². The molecule has 0 unspecified atom stereocenters. The molecule has 0 spiro atoms. The summed E-state index contributed by atoms with van der Waals surface area (Å²) in [6, 6.07) is 6.77. The van der Waals surface area contributed by atoms with Crippen LogP contribution in [0.15, 0.2) is 33.6 Å². The molecular weight excluding hydrogens is 314 g/mol. The highest BCUT2D eigenvalue weighted by molar-refractivity contribution is 9.10. The van der Waals surface area contributed by atoms with E-state index in [0.29, 0.717) is 17.9 Å². The molecule has 1 aromatic carbocycles. The number of halogens is 1. The van der Waals surface area contributed by atoms with Gasteiger partial charge in [-0.2, -0.15) is 0 Å². The zero-order valence-corrected chi connectivity index (χ0v) is 13.4. The second-order valence-corrected chi connectivity index (χ2v) is 8.33. The van der Waals surface area contributed by atoms with E-state index in [2.05, 4.69) is 42.0 Å². The first-order valence-electron chi connectivity index (χ1n) is 5.94. The molecule has 0 aliphatic carbocycles. The Kier molecular flexibility index (Phi) is 5.37. The van der Waals surface area contributed by atoms with Crippen molar-refractivity contribution in [2.24, 2.45) is 0 Å². The summed E-state index contributed by atoms with van der Waals surface area (Å²) in [6.45, 7) is 6.90. The largest absolute Gasteiger partial charge is 0.312 e. The summed E-state index contributed by atoms with van der Waals surface area (Å²) in [7, 11) is -3.16. The lowest BCUT2D eigenvalue weighted by Gasteiger charge is -2.20. The third-order valence-electron chi connectivity index (χ3n) is 2.42. The van der Waals surface area contributed by atoms with Crippen LogP contribution in [0.4, 0.5) is 0 Å². The normalized spacial score (nSPS) is 12.7. The van der Waals surface area contributed by atoms with Crippen LogP contribution < -0.4 is 5.32 Å². The Balaban J connectivity index is 2.53. The van der Waals surface area contributed by atoms with E-state index in [1.54, 1.807) is 24.3 Å². The monoisotopic (exact) mass is 333 g/mol. The van der Waals surface area contributed by atoms with E-state index in [1.807, 2.05) is 0 Å². The van der Waals surface area contributed by atoms with Gasteiger partial charge in [0, 0.05) is 10.0 Å². The molecule has 0 amide bonds. The summed E-state index contributed by atoms with van der Waals surface area (Å²) < 4.78 is 24.9. The second-order valence-electron chi connectivity index (χ2n) is 5.30. The summed E-state index contributed by atoms with van der Waals surface area (Å²) in [5.41, 5.74) is 0.0291. The first-order valence-corrected chi connectivity index (χ1v) is 8.39. The molecule has 1 rings (SSSR count). The van der Waals surface area contributed by atoms with Crippen molar-refractivity contribution in [1.29, 1.82) is 0 Å². The lowest BCUT2D eigenvalue weighted by Crippen LogP contribution is -2.36. The Morgan fingerprint density at radius 2 is 1.72 bits per heavy atom. The van der Waals surface area contributed by atoms with Gasteiger partial charge < -0.3 is 5.32 Å². The van der Waals surface area contributed by atoms with Crippen LogP contribution in [-0.4, -0.2) is 26.3 Å². The summed E-state index contributed by atoms with van der Waals surface area (Å²) in [6.07, 6.45) is 0.621. The predicted molar refractivity (Wildman–Crippen MR) is 78.6 cm³/mol. The van der Waals surface area contributed by atoms with E-state index in [-0.39, 0.29) is 11.3 Å². The molecular formula is C13H20BrNO2S. The van der Waals surface area contributed by atoms with Gasteiger partial charge in [-0.1, -0.05) is 15.9 Å². The molecule has 0 saturated carbocycles. The fraction of sp³-hybridized carbons (Fsp3) is 0.538. The van der Waals surface area contributed by atoms with Gasteiger partial charge in [0.25, 0.3) is 0 Å². The van der Waals surface area contributed by atoms with Gasteiger partial charge in [-0.15, -0.1) is 0 Å². The smallest absolute Gasteiger partial charge is 0.178 e. The number of hydrogen-bond acceptors (Lipinski definition) is 3. The Labute approximate surface area is 118 Å². The van der Waals surface area contributed by atoms with Gasteiger partial charge in [0.15, 0.2) is 9.84 Å². The molecule has 0 aliphatic heterocycles. The maximum Gasteiger partial charge on any atom is 0.178 e. The minimum atomic E-state index is -3.16. The van der Waals surface area contributed by atoms with Gasteiger partial charge in [0.05, 0.1) is 10.6 Å². The summed E-state index contributed by atoms with van der Waals surface area (Å²) in [4.78, 5) is 0.390. The van der Waals surface area contributed by atoms with Gasteiger partial charge >= 0.3 is 0 Å². The third kappa shape index (κ3) is 5.50. The number of benzene rings is 1. The maximum absolute atomic E-state index is 12.0. The van der Waals surface area contributed by atoms with Crippen LogP contribution in [-0.2, 0) is 9.84 Å². The van der Waals surface area contributed by atoms with E-state index in [0.717, 1.165) is 4.47 Å². The molecule has 0 aliphatic rings. The highest BCUT2D eigenvalue weighted by atomic mass is 79.9. The molecule has 5 heteroatoms. The topological polar surface area (TPSA) is 46.2 Å². The van der Waals surface area contributed by atoms with Crippen molar-refractivity contribution in [2.45, 2.75) is 37.6 Å². The number of sulfone groups is 1. The summed E-state index contributed by atoms with van der Waals surface area (Å²) in [5, 5.41) is 3.28. The van der Waals surface area contributed by atoms with Crippen molar-refractivity contribution < 1.29 is 8.42 Å². The van der Waals surface area contributed by atoms with Gasteiger partial charge in [0.2, 0.25) is 0 Å². The number of rotatable bonds is 5. The molecule has 0 fully saturated rings. The molecule has 0 radical (unpaired) electrons. The molecule has 0 aromatic heterocycles. The van der Waals surface area contributed by atoms with E-state index < -0.39 is 9.84 Å². The van der Waals surface area contributed by atoms with Crippen LogP contribution in [0.25, 0.3) is 0 Å². The number of hydrogen-bond donors (Lipinski definition) is 1. The van der Waals surface area contributed by atoms with Gasteiger partial charge in [-0.3, -0.25) is 0 Å². The Bertz CT molecular complexity index is 475. The number of nitrogens with one attached hydrogen (secondary N) is 1. The first kappa shape index (κ1) is 15.7. The van der Waals surface area contributed by atoms with Crippen molar-refractivity contribution in [3.05, 3.63) is 28.7 Å². The fourth-order valence-corrected chi connectivity index (χ4v) is 3.06. The molecule has 3 nitrogen and oxygen atoms in total. The molecule has 1 N–H and O–H groups in total. The minimum absolute atomic E-state index is 0.0291. The second kappa shape index (κ2) is 6.17. The van der Waals surface area contributed by atoms with Crippen LogP contribution in [0, 0.1) is 0 Å². The van der Waals surface area contributed by atoms with Crippen LogP contribution in [0.1, 0.15) is 27.2 Å². The van der Waals surface area contributed by atoms with Crippen LogP contribution in [0.5, 0.6) is 0 Å². The maximum atomic E-state index is 12.0. The average molecular weight is 334 g/mol. The lowest BCUT2D eigenvalue weighted by molar-refractivity contribution is 0.426. The first-order chi connectivity index (χ1) is 8.21. The Hall–Kier alpha value is -0.390. The van der Waals surface area contributed by atoms with Crippen molar-refractivity contribution >= 4 is 25.8 Å². The highest BCUT2D eigenvalue weighted by Crippen LogP contribution is 2.16. The SMILES string of the molecule is CC(C)(C)NCCCS(=O)(=O)c1ccc(Br)cc1. The standard InChI is InChI=1S/C13H20BrNO2S/c1-13(2,3)15-9-4-10-18(16,17)12-7-5-11(14)6-8-12/h5-8,15H,4,9-10H2,1-3H3. The zero-order chi connectivity index (χ0) is 13.8. The summed E-state index contributed by atoms with van der Waals surface area (Å²) >= 11 is 3.29. The molecule has 0 heterocycles. The van der Waals surface area contributed by atoms with Crippen molar-refractivity contribution in [3.8, 4) is 0 Å². The van der Waals surface area contributed by atoms with E-state index in [9.17, 15) is 8.42 Å². The summed E-state index contributed by atoms with van der Waals surface area (Å²) in [5.74, 6) is 0.178. The molecule has 0 atom stereocenters. The fourth-order valence-electron chi connectivity index (χ4n) is 1.49. The lowest BCUT2D eigenvalue weighted by atomic mass is 10.1. The third-order valence-corrected chi connectivity index (χ3v) is 4.76. The highest BCUT2D eigenvalue weighted by Gasteiger charge is 2.14. The van der Waals surface area contributed by atoms with Crippen LogP contribution in [0.2, 0.25) is 0 Å². The molecule has 0 saturated heterocycles. The van der Waals surface area contributed by atoms with Gasteiger partial charge in [-0.05, 0) is 58.0 Å².